The van der Waals surface area contributed by atoms with Crippen LogP contribution in [0.15, 0.2) is 48.5 Å². The van der Waals surface area contributed by atoms with Crippen molar-refractivity contribution in [2.45, 2.75) is 58.8 Å². The van der Waals surface area contributed by atoms with Crippen LogP contribution in [-0.4, -0.2) is 12.6 Å². The monoisotopic (exact) mass is 380 g/mol. The van der Waals surface area contributed by atoms with Gasteiger partial charge in [0.25, 0.3) is 0 Å². The van der Waals surface area contributed by atoms with Crippen molar-refractivity contribution in [1.29, 1.82) is 0 Å². The van der Waals surface area contributed by atoms with Crippen molar-refractivity contribution in [2.24, 2.45) is 11.8 Å². The van der Waals surface area contributed by atoms with Crippen LogP contribution in [0, 0.1) is 11.8 Å². The highest BCUT2D eigenvalue weighted by molar-refractivity contribution is 5.91. The van der Waals surface area contributed by atoms with E-state index in [4.69, 9.17) is 9.47 Å². The minimum Gasteiger partial charge on any atom is -0.494 e. The quantitative estimate of drug-likeness (QED) is 0.400. The van der Waals surface area contributed by atoms with Crippen molar-refractivity contribution in [3.8, 4) is 11.5 Å². The molecule has 1 aliphatic rings. The highest BCUT2D eigenvalue weighted by Gasteiger charge is 2.27. The van der Waals surface area contributed by atoms with Crippen LogP contribution in [0.1, 0.15) is 74.7 Å². The van der Waals surface area contributed by atoms with Crippen LogP contribution in [0.4, 0.5) is 0 Å². The Morgan fingerprint density at radius 2 is 1.64 bits per heavy atom. The highest BCUT2D eigenvalue weighted by atomic mass is 16.5. The number of ether oxygens (including phenoxy) is 2. The van der Waals surface area contributed by atoms with E-state index in [9.17, 15) is 4.79 Å². The molecule has 2 aromatic carbocycles. The molecule has 0 spiro atoms. The maximum absolute atomic E-state index is 12.4. The Morgan fingerprint density at radius 1 is 0.964 bits per heavy atom. The summed E-state index contributed by atoms with van der Waals surface area (Å²) in [6.07, 6.45) is 6.46. The van der Waals surface area contributed by atoms with Crippen molar-refractivity contribution >= 4 is 5.97 Å². The lowest BCUT2D eigenvalue weighted by Crippen LogP contribution is -2.21. The number of hydrogen-bond donors (Lipinski definition) is 0. The summed E-state index contributed by atoms with van der Waals surface area (Å²) in [6.45, 7) is 7.23. The van der Waals surface area contributed by atoms with Crippen LogP contribution in [0.25, 0.3) is 0 Å². The SMILES string of the molecule is CCC[C@@H]1CC[C@@H](c2ccc(C(=O)Oc3ccc(OCC)cc3)cc2)C[C@H]1C. The number of carbonyl (C=O) groups excluding carboxylic acids is 1. The average molecular weight is 381 g/mol. The van der Waals surface area contributed by atoms with Gasteiger partial charge in [-0.15, -0.1) is 0 Å². The first-order chi connectivity index (χ1) is 13.6. The molecule has 0 saturated heterocycles. The summed E-state index contributed by atoms with van der Waals surface area (Å²) in [5, 5.41) is 0. The Bertz CT molecular complexity index is 748. The number of benzene rings is 2. The van der Waals surface area contributed by atoms with Crippen LogP contribution in [0.5, 0.6) is 11.5 Å². The Kier molecular flexibility index (Phi) is 7.13. The molecule has 0 N–H and O–H groups in total. The maximum Gasteiger partial charge on any atom is 0.343 e. The molecular weight excluding hydrogens is 348 g/mol. The van der Waals surface area contributed by atoms with E-state index in [1.165, 1.54) is 37.7 Å². The van der Waals surface area contributed by atoms with Gasteiger partial charge in [-0.05, 0) is 85.9 Å². The van der Waals surface area contributed by atoms with Gasteiger partial charge < -0.3 is 9.47 Å². The number of rotatable bonds is 7. The predicted molar refractivity (Wildman–Crippen MR) is 113 cm³/mol. The van der Waals surface area contributed by atoms with Crippen LogP contribution < -0.4 is 9.47 Å². The summed E-state index contributed by atoms with van der Waals surface area (Å²) in [7, 11) is 0. The Balaban J connectivity index is 1.58. The van der Waals surface area contributed by atoms with E-state index in [0.29, 0.717) is 23.8 Å². The summed E-state index contributed by atoms with van der Waals surface area (Å²) in [4.78, 5) is 12.4. The van der Waals surface area contributed by atoms with Gasteiger partial charge in [-0.25, -0.2) is 4.79 Å². The minimum atomic E-state index is -0.323. The fraction of sp³-hybridized carbons (Fsp3) is 0.480. The number of hydrogen-bond acceptors (Lipinski definition) is 3. The third-order valence-corrected chi connectivity index (χ3v) is 5.97. The van der Waals surface area contributed by atoms with Crippen molar-refractivity contribution < 1.29 is 14.3 Å². The summed E-state index contributed by atoms with van der Waals surface area (Å²) in [6, 6.07) is 15.1. The third kappa shape index (κ3) is 5.15. The molecular formula is C25H32O3. The number of esters is 1. The molecule has 0 bridgehead atoms. The van der Waals surface area contributed by atoms with Gasteiger partial charge in [0.15, 0.2) is 0 Å². The van der Waals surface area contributed by atoms with Gasteiger partial charge in [0.2, 0.25) is 0 Å². The van der Waals surface area contributed by atoms with Crippen molar-refractivity contribution in [3.63, 3.8) is 0 Å². The molecule has 1 saturated carbocycles. The van der Waals surface area contributed by atoms with Gasteiger partial charge in [0.05, 0.1) is 12.2 Å². The minimum absolute atomic E-state index is 0.323. The zero-order valence-corrected chi connectivity index (χ0v) is 17.3. The second kappa shape index (κ2) is 9.77. The molecule has 2 aromatic rings. The average Bonchev–Trinajstić information content (AvgIpc) is 2.71. The fourth-order valence-electron chi connectivity index (χ4n) is 4.39. The van der Waals surface area contributed by atoms with Crippen LogP contribution in [0.3, 0.4) is 0 Å². The van der Waals surface area contributed by atoms with E-state index in [1.807, 2.05) is 31.2 Å². The second-order valence-corrected chi connectivity index (χ2v) is 7.95. The van der Waals surface area contributed by atoms with Crippen molar-refractivity contribution in [2.75, 3.05) is 6.61 Å². The summed E-state index contributed by atoms with van der Waals surface area (Å²) < 4.78 is 10.9. The van der Waals surface area contributed by atoms with Gasteiger partial charge in [-0.2, -0.15) is 0 Å². The van der Waals surface area contributed by atoms with Gasteiger partial charge >= 0.3 is 5.97 Å². The molecule has 3 rings (SSSR count). The van der Waals surface area contributed by atoms with Gasteiger partial charge in [0.1, 0.15) is 11.5 Å². The Labute approximate surface area is 169 Å². The van der Waals surface area contributed by atoms with Gasteiger partial charge in [0, 0.05) is 0 Å². The molecule has 28 heavy (non-hydrogen) atoms. The molecule has 1 aliphatic carbocycles. The maximum atomic E-state index is 12.4. The summed E-state index contributed by atoms with van der Waals surface area (Å²) >= 11 is 0. The first kappa shape index (κ1) is 20.4. The molecule has 1 fully saturated rings. The molecule has 0 unspecified atom stereocenters. The molecule has 0 heterocycles. The Hall–Kier alpha value is -2.29. The van der Waals surface area contributed by atoms with Gasteiger partial charge in [-0.3, -0.25) is 0 Å². The highest BCUT2D eigenvalue weighted by Crippen LogP contribution is 2.41. The van der Waals surface area contributed by atoms with E-state index in [2.05, 4.69) is 26.0 Å². The van der Waals surface area contributed by atoms with E-state index in [-0.39, 0.29) is 5.97 Å². The molecule has 0 aliphatic heterocycles. The summed E-state index contributed by atoms with van der Waals surface area (Å²) in [5.74, 6) is 3.25. The first-order valence-electron chi connectivity index (χ1n) is 10.7. The largest absolute Gasteiger partial charge is 0.494 e. The normalized spacial score (nSPS) is 21.9. The molecule has 0 aromatic heterocycles. The number of carbonyl (C=O) groups is 1. The van der Waals surface area contributed by atoms with Crippen molar-refractivity contribution in [1.82, 2.24) is 0 Å². The van der Waals surface area contributed by atoms with E-state index < -0.39 is 0 Å². The van der Waals surface area contributed by atoms with E-state index >= 15 is 0 Å². The lowest BCUT2D eigenvalue weighted by molar-refractivity contribution is 0.0734. The van der Waals surface area contributed by atoms with Crippen LogP contribution in [0.2, 0.25) is 0 Å². The molecule has 3 heteroatoms. The predicted octanol–water partition coefficient (Wildman–Crippen LogP) is 6.62. The molecule has 150 valence electrons. The topological polar surface area (TPSA) is 35.5 Å². The fourth-order valence-corrected chi connectivity index (χ4v) is 4.39. The third-order valence-electron chi connectivity index (χ3n) is 5.97. The van der Waals surface area contributed by atoms with Crippen LogP contribution >= 0.6 is 0 Å². The zero-order chi connectivity index (χ0) is 19.9. The molecule has 0 amide bonds. The molecule has 0 radical (unpaired) electrons. The standard InChI is InChI=1S/C25H32O3/c1-4-6-19-7-12-22(17-18(19)3)20-8-10-21(11-9-20)25(26)28-24-15-13-23(14-16-24)27-5-2/h8-11,13-16,18-19,22H,4-7,12,17H2,1-3H3/t18-,19-,22-/m1/s1. The first-order valence-corrected chi connectivity index (χ1v) is 10.7. The molecule has 3 nitrogen and oxygen atoms in total. The van der Waals surface area contributed by atoms with E-state index in [0.717, 1.165) is 17.6 Å². The second-order valence-electron chi connectivity index (χ2n) is 7.95. The van der Waals surface area contributed by atoms with Crippen molar-refractivity contribution in [3.05, 3.63) is 59.7 Å². The zero-order valence-electron chi connectivity index (χ0n) is 17.3. The van der Waals surface area contributed by atoms with Gasteiger partial charge in [-0.1, -0.05) is 38.8 Å². The lowest BCUT2D eigenvalue weighted by atomic mass is 9.71. The molecule has 3 atom stereocenters. The summed E-state index contributed by atoms with van der Waals surface area (Å²) in [5.41, 5.74) is 1.93. The Morgan fingerprint density at radius 3 is 2.25 bits per heavy atom. The van der Waals surface area contributed by atoms with E-state index in [1.54, 1.807) is 12.1 Å². The smallest absolute Gasteiger partial charge is 0.343 e. The lowest BCUT2D eigenvalue weighted by Gasteiger charge is -2.34. The van der Waals surface area contributed by atoms with Crippen LogP contribution in [-0.2, 0) is 0 Å².